The number of rotatable bonds is 2. The Morgan fingerprint density at radius 3 is 2.58 bits per heavy atom. The molecular formula is C8H14ClNO2. The van der Waals surface area contributed by atoms with E-state index in [4.69, 9.17) is 10.8 Å². The van der Waals surface area contributed by atoms with E-state index < -0.39 is 11.4 Å². The predicted molar refractivity (Wildman–Crippen MR) is 49.3 cm³/mol. The molecule has 0 aromatic rings. The molecule has 0 radical (unpaired) electrons. The van der Waals surface area contributed by atoms with Crippen molar-refractivity contribution < 1.29 is 9.90 Å². The molecule has 0 bridgehead atoms. The Bertz CT molecular complexity index is 205. The van der Waals surface area contributed by atoms with Crippen molar-refractivity contribution in [3.63, 3.8) is 0 Å². The van der Waals surface area contributed by atoms with Crippen LogP contribution in [0, 0.1) is 5.41 Å². The van der Waals surface area contributed by atoms with Crippen molar-refractivity contribution in [2.75, 3.05) is 0 Å². The lowest BCUT2D eigenvalue weighted by Crippen LogP contribution is -2.30. The van der Waals surface area contributed by atoms with Crippen LogP contribution in [-0.4, -0.2) is 17.1 Å². The number of aliphatic carboxylic acids is 1. The Hall–Kier alpha value is -0.540. The highest BCUT2D eigenvalue weighted by Crippen LogP contribution is 2.34. The van der Waals surface area contributed by atoms with E-state index in [0.717, 1.165) is 0 Å². The zero-order valence-corrected chi connectivity index (χ0v) is 7.80. The van der Waals surface area contributed by atoms with Crippen molar-refractivity contribution in [1.82, 2.24) is 0 Å². The molecule has 0 aromatic carbocycles. The predicted octanol–water partition coefficient (Wildman–Crippen LogP) is 1.18. The van der Waals surface area contributed by atoms with Crippen LogP contribution >= 0.6 is 12.4 Å². The fraction of sp³-hybridized carbons (Fsp3) is 0.625. The molecule has 0 amide bonds. The lowest BCUT2D eigenvalue weighted by Gasteiger charge is -2.20. The van der Waals surface area contributed by atoms with E-state index in [1.165, 1.54) is 0 Å². The van der Waals surface area contributed by atoms with E-state index in [-0.39, 0.29) is 18.4 Å². The number of hydrogen-bond acceptors (Lipinski definition) is 2. The van der Waals surface area contributed by atoms with Crippen molar-refractivity contribution in [3.05, 3.63) is 12.2 Å². The van der Waals surface area contributed by atoms with Crippen molar-refractivity contribution in [1.29, 1.82) is 0 Å². The summed E-state index contributed by atoms with van der Waals surface area (Å²) in [6, 6.07) is -0.0777. The van der Waals surface area contributed by atoms with Crippen LogP contribution in [0.15, 0.2) is 12.2 Å². The Morgan fingerprint density at radius 2 is 2.42 bits per heavy atom. The van der Waals surface area contributed by atoms with Crippen LogP contribution in [-0.2, 0) is 4.79 Å². The van der Waals surface area contributed by atoms with E-state index in [1.807, 2.05) is 6.92 Å². The third kappa shape index (κ3) is 1.79. The maximum absolute atomic E-state index is 10.8. The van der Waals surface area contributed by atoms with E-state index in [2.05, 4.69) is 0 Å². The Kier molecular flexibility index (Phi) is 3.74. The zero-order chi connectivity index (χ0) is 8.48. The standard InChI is InChI=1S/C8H13NO2.ClH/c1-2-8(7(10)11)4-3-6(9)5-8;/h3-4,6H,2,5,9H2,1H3,(H,10,11);1H/t6-,8+;/m1./s1. The number of nitrogens with two attached hydrogens (primary N) is 1. The van der Waals surface area contributed by atoms with Crippen LogP contribution in [0.1, 0.15) is 19.8 Å². The number of carbonyl (C=O) groups is 1. The minimum atomic E-state index is -0.760. The molecule has 2 atom stereocenters. The maximum atomic E-state index is 10.8. The maximum Gasteiger partial charge on any atom is 0.313 e. The number of halogens is 1. The highest BCUT2D eigenvalue weighted by molar-refractivity contribution is 5.85. The minimum absolute atomic E-state index is 0. The van der Waals surface area contributed by atoms with E-state index >= 15 is 0 Å². The zero-order valence-electron chi connectivity index (χ0n) is 6.99. The van der Waals surface area contributed by atoms with Gasteiger partial charge in [-0.3, -0.25) is 4.79 Å². The molecule has 0 heterocycles. The largest absolute Gasteiger partial charge is 0.481 e. The van der Waals surface area contributed by atoms with Gasteiger partial charge in [-0.1, -0.05) is 19.1 Å². The molecule has 12 heavy (non-hydrogen) atoms. The molecule has 3 N–H and O–H groups in total. The topological polar surface area (TPSA) is 63.3 Å². The molecule has 4 heteroatoms. The van der Waals surface area contributed by atoms with Gasteiger partial charge >= 0.3 is 5.97 Å². The molecule has 0 unspecified atom stereocenters. The summed E-state index contributed by atoms with van der Waals surface area (Å²) in [5.41, 5.74) is 4.89. The first-order chi connectivity index (χ1) is 5.10. The summed E-state index contributed by atoms with van der Waals surface area (Å²) in [6.45, 7) is 1.87. The van der Waals surface area contributed by atoms with Gasteiger partial charge in [0.1, 0.15) is 0 Å². The van der Waals surface area contributed by atoms with E-state index in [9.17, 15) is 4.79 Å². The minimum Gasteiger partial charge on any atom is -0.481 e. The van der Waals surface area contributed by atoms with Crippen molar-refractivity contribution in [2.24, 2.45) is 11.1 Å². The van der Waals surface area contributed by atoms with Crippen LogP contribution in [0.25, 0.3) is 0 Å². The average molecular weight is 192 g/mol. The number of hydrogen-bond donors (Lipinski definition) is 2. The van der Waals surface area contributed by atoms with E-state index in [1.54, 1.807) is 12.2 Å². The third-order valence-corrected chi connectivity index (χ3v) is 2.32. The monoisotopic (exact) mass is 191 g/mol. The van der Waals surface area contributed by atoms with E-state index in [0.29, 0.717) is 12.8 Å². The second kappa shape index (κ2) is 3.92. The Balaban J connectivity index is 0.00000121. The summed E-state index contributed by atoms with van der Waals surface area (Å²) in [4.78, 5) is 10.8. The van der Waals surface area contributed by atoms with Crippen LogP contribution in [0.2, 0.25) is 0 Å². The third-order valence-electron chi connectivity index (χ3n) is 2.32. The molecule has 1 rings (SSSR count). The van der Waals surface area contributed by atoms with Gasteiger partial charge in [0.25, 0.3) is 0 Å². The lowest BCUT2D eigenvalue weighted by molar-refractivity contribution is -0.146. The van der Waals surface area contributed by atoms with Gasteiger partial charge in [-0.25, -0.2) is 0 Å². The fourth-order valence-corrected chi connectivity index (χ4v) is 1.44. The highest BCUT2D eigenvalue weighted by atomic mass is 35.5. The first kappa shape index (κ1) is 11.5. The summed E-state index contributed by atoms with van der Waals surface area (Å²) in [5.74, 6) is -0.760. The molecular weight excluding hydrogens is 178 g/mol. The SMILES string of the molecule is CC[C@]1(C(=O)O)C=C[C@@H](N)C1.Cl. The quantitative estimate of drug-likeness (QED) is 0.645. The first-order valence-electron chi connectivity index (χ1n) is 3.79. The molecule has 1 aliphatic rings. The van der Waals surface area contributed by atoms with Gasteiger partial charge in [0.2, 0.25) is 0 Å². The summed E-state index contributed by atoms with van der Waals surface area (Å²) in [5, 5.41) is 8.87. The van der Waals surface area contributed by atoms with Crippen LogP contribution in [0.5, 0.6) is 0 Å². The molecule has 1 aliphatic carbocycles. The average Bonchev–Trinajstić information content (AvgIpc) is 2.33. The van der Waals surface area contributed by atoms with Gasteiger partial charge in [-0.2, -0.15) is 0 Å². The second-order valence-corrected chi connectivity index (χ2v) is 3.04. The van der Waals surface area contributed by atoms with Gasteiger partial charge in [-0.15, -0.1) is 12.4 Å². The molecule has 0 aromatic heterocycles. The van der Waals surface area contributed by atoms with Crippen molar-refractivity contribution in [3.8, 4) is 0 Å². The second-order valence-electron chi connectivity index (χ2n) is 3.04. The van der Waals surface area contributed by atoms with Gasteiger partial charge in [-0.05, 0) is 12.8 Å². The summed E-state index contributed by atoms with van der Waals surface area (Å²) < 4.78 is 0. The van der Waals surface area contributed by atoms with Gasteiger partial charge < -0.3 is 10.8 Å². The van der Waals surface area contributed by atoms with Gasteiger partial charge in [0.05, 0.1) is 5.41 Å². The molecule has 0 aliphatic heterocycles. The first-order valence-corrected chi connectivity index (χ1v) is 3.79. The van der Waals surface area contributed by atoms with Crippen molar-refractivity contribution >= 4 is 18.4 Å². The number of carboxylic acid groups (broad SMARTS) is 1. The highest BCUT2D eigenvalue weighted by Gasteiger charge is 2.38. The summed E-state index contributed by atoms with van der Waals surface area (Å²) in [6.07, 6.45) is 4.66. The van der Waals surface area contributed by atoms with Gasteiger partial charge in [0, 0.05) is 6.04 Å². The van der Waals surface area contributed by atoms with Crippen LogP contribution in [0.3, 0.4) is 0 Å². The number of carboxylic acids is 1. The molecule has 3 nitrogen and oxygen atoms in total. The molecule has 0 saturated carbocycles. The molecule has 0 spiro atoms. The molecule has 70 valence electrons. The smallest absolute Gasteiger partial charge is 0.313 e. The normalized spacial score (nSPS) is 33.0. The fourth-order valence-electron chi connectivity index (χ4n) is 1.44. The summed E-state index contributed by atoms with van der Waals surface area (Å²) in [7, 11) is 0. The van der Waals surface area contributed by atoms with Crippen molar-refractivity contribution in [2.45, 2.75) is 25.8 Å². The molecule has 0 saturated heterocycles. The van der Waals surface area contributed by atoms with Crippen LogP contribution in [0.4, 0.5) is 0 Å². The van der Waals surface area contributed by atoms with Crippen LogP contribution < -0.4 is 5.73 Å². The molecule has 0 fully saturated rings. The lowest BCUT2D eigenvalue weighted by atomic mass is 9.84. The Labute approximate surface area is 78.0 Å². The summed E-state index contributed by atoms with van der Waals surface area (Å²) >= 11 is 0. The Morgan fingerprint density at radius 1 is 1.83 bits per heavy atom. The van der Waals surface area contributed by atoms with Gasteiger partial charge in [0.15, 0.2) is 0 Å².